The van der Waals surface area contributed by atoms with Gasteiger partial charge >= 0.3 is 0 Å². The number of hydrogen-bond acceptors (Lipinski definition) is 4. The van der Waals surface area contributed by atoms with Gasteiger partial charge in [-0.15, -0.1) is 0 Å². The van der Waals surface area contributed by atoms with E-state index in [2.05, 4.69) is 22.2 Å². The number of nitrogens with zero attached hydrogens (tertiary/aromatic N) is 3. The van der Waals surface area contributed by atoms with Crippen LogP contribution >= 0.6 is 0 Å². The number of aromatic nitrogens is 2. The van der Waals surface area contributed by atoms with Crippen LogP contribution in [-0.4, -0.2) is 29.6 Å². The summed E-state index contributed by atoms with van der Waals surface area (Å²) in [5.41, 5.74) is 0. The standard InChI is InChI=1S/C14H23FN4/c1-3-9-16-14-17-10-12(15)13(18-14)19(2)11-7-5-4-6-8-11/h10-11H,3-9H2,1-2H3,(H,16,17,18). The van der Waals surface area contributed by atoms with Crippen LogP contribution < -0.4 is 10.2 Å². The van der Waals surface area contributed by atoms with Gasteiger partial charge in [-0.3, -0.25) is 0 Å². The van der Waals surface area contributed by atoms with Crippen molar-refractivity contribution in [3.05, 3.63) is 12.0 Å². The maximum absolute atomic E-state index is 13.9. The zero-order valence-corrected chi connectivity index (χ0v) is 11.8. The molecule has 0 atom stereocenters. The van der Waals surface area contributed by atoms with Crippen molar-refractivity contribution >= 4 is 11.8 Å². The Morgan fingerprint density at radius 3 is 2.79 bits per heavy atom. The molecule has 106 valence electrons. The van der Waals surface area contributed by atoms with Gasteiger partial charge in [0.25, 0.3) is 0 Å². The third kappa shape index (κ3) is 3.55. The van der Waals surface area contributed by atoms with Gasteiger partial charge in [0, 0.05) is 19.6 Å². The fourth-order valence-electron chi connectivity index (χ4n) is 2.57. The van der Waals surface area contributed by atoms with Crippen molar-refractivity contribution in [2.75, 3.05) is 23.8 Å². The second kappa shape index (κ2) is 6.68. The molecule has 1 saturated carbocycles. The van der Waals surface area contributed by atoms with E-state index in [1.54, 1.807) is 0 Å². The Kier molecular flexibility index (Phi) is 4.93. The summed E-state index contributed by atoms with van der Waals surface area (Å²) in [7, 11) is 1.94. The Hall–Kier alpha value is -1.39. The monoisotopic (exact) mass is 266 g/mol. The second-order valence-electron chi connectivity index (χ2n) is 5.19. The summed E-state index contributed by atoms with van der Waals surface area (Å²) < 4.78 is 13.9. The summed E-state index contributed by atoms with van der Waals surface area (Å²) in [6.45, 7) is 2.88. The third-order valence-corrected chi connectivity index (χ3v) is 3.72. The molecule has 1 heterocycles. The molecule has 1 aliphatic rings. The summed E-state index contributed by atoms with van der Waals surface area (Å²) in [5.74, 6) is 0.594. The number of rotatable bonds is 5. The summed E-state index contributed by atoms with van der Waals surface area (Å²) in [4.78, 5) is 10.3. The number of nitrogens with one attached hydrogen (secondary N) is 1. The van der Waals surface area contributed by atoms with Crippen molar-refractivity contribution in [3.63, 3.8) is 0 Å². The predicted octanol–water partition coefficient (Wildman–Crippen LogP) is 3.21. The Morgan fingerprint density at radius 1 is 1.37 bits per heavy atom. The van der Waals surface area contributed by atoms with Crippen LogP contribution in [0.25, 0.3) is 0 Å². The van der Waals surface area contributed by atoms with Gasteiger partial charge in [0.05, 0.1) is 6.20 Å². The van der Waals surface area contributed by atoms with Crippen LogP contribution in [-0.2, 0) is 0 Å². The van der Waals surface area contributed by atoms with E-state index in [1.807, 2.05) is 11.9 Å². The van der Waals surface area contributed by atoms with Gasteiger partial charge < -0.3 is 10.2 Å². The summed E-state index contributed by atoms with van der Waals surface area (Å²) in [6.07, 6.45) is 8.24. The van der Waals surface area contributed by atoms with E-state index in [-0.39, 0.29) is 5.82 Å². The number of hydrogen-bond donors (Lipinski definition) is 1. The zero-order chi connectivity index (χ0) is 13.7. The van der Waals surface area contributed by atoms with Gasteiger partial charge in [0.2, 0.25) is 5.95 Å². The van der Waals surface area contributed by atoms with E-state index in [4.69, 9.17) is 0 Å². The van der Waals surface area contributed by atoms with Gasteiger partial charge in [-0.1, -0.05) is 26.2 Å². The Labute approximate surface area is 114 Å². The largest absolute Gasteiger partial charge is 0.354 e. The number of anilines is 2. The molecule has 1 aliphatic carbocycles. The minimum Gasteiger partial charge on any atom is -0.354 e. The highest BCUT2D eigenvalue weighted by molar-refractivity contribution is 5.44. The molecule has 2 rings (SSSR count). The van der Waals surface area contributed by atoms with Gasteiger partial charge in [0.1, 0.15) is 0 Å². The molecule has 0 saturated heterocycles. The van der Waals surface area contributed by atoms with E-state index in [1.165, 1.54) is 25.5 Å². The van der Waals surface area contributed by atoms with Gasteiger partial charge in [-0.25, -0.2) is 9.37 Å². The van der Waals surface area contributed by atoms with Crippen molar-refractivity contribution in [3.8, 4) is 0 Å². The fraction of sp³-hybridized carbons (Fsp3) is 0.714. The molecule has 1 aromatic heterocycles. The Morgan fingerprint density at radius 2 is 2.11 bits per heavy atom. The van der Waals surface area contributed by atoms with Gasteiger partial charge in [-0.2, -0.15) is 4.98 Å². The first-order chi connectivity index (χ1) is 9.22. The molecule has 1 N–H and O–H groups in total. The molecule has 1 fully saturated rings. The van der Waals surface area contributed by atoms with Crippen molar-refractivity contribution in [1.29, 1.82) is 0 Å². The first-order valence-corrected chi connectivity index (χ1v) is 7.21. The first kappa shape index (κ1) is 14.0. The molecule has 19 heavy (non-hydrogen) atoms. The van der Waals surface area contributed by atoms with Crippen LogP contribution in [0.5, 0.6) is 0 Å². The lowest BCUT2D eigenvalue weighted by atomic mass is 9.94. The maximum atomic E-state index is 13.9. The lowest BCUT2D eigenvalue weighted by Gasteiger charge is -2.32. The van der Waals surface area contributed by atoms with Crippen LogP contribution in [0.3, 0.4) is 0 Å². The van der Waals surface area contributed by atoms with Gasteiger partial charge in [-0.05, 0) is 19.3 Å². The third-order valence-electron chi connectivity index (χ3n) is 3.72. The predicted molar refractivity (Wildman–Crippen MR) is 76.0 cm³/mol. The van der Waals surface area contributed by atoms with E-state index in [0.29, 0.717) is 17.8 Å². The second-order valence-corrected chi connectivity index (χ2v) is 5.19. The minimum absolute atomic E-state index is 0.338. The molecular formula is C14H23FN4. The van der Waals surface area contributed by atoms with Crippen LogP contribution in [0.1, 0.15) is 45.4 Å². The molecule has 0 aromatic carbocycles. The molecule has 0 spiro atoms. The molecule has 4 nitrogen and oxygen atoms in total. The molecule has 0 unspecified atom stereocenters. The van der Waals surface area contributed by atoms with Crippen molar-refractivity contribution in [1.82, 2.24) is 9.97 Å². The van der Waals surface area contributed by atoms with Crippen molar-refractivity contribution < 1.29 is 4.39 Å². The molecule has 0 radical (unpaired) electrons. The summed E-state index contributed by atoms with van der Waals surface area (Å²) in [5, 5.41) is 3.10. The van der Waals surface area contributed by atoms with Crippen LogP contribution in [0.2, 0.25) is 0 Å². The highest BCUT2D eigenvalue weighted by atomic mass is 19.1. The SMILES string of the molecule is CCCNc1ncc(F)c(N(C)C2CCCCC2)n1. The minimum atomic E-state index is -0.338. The van der Waals surface area contributed by atoms with E-state index < -0.39 is 0 Å². The van der Waals surface area contributed by atoms with E-state index in [0.717, 1.165) is 25.8 Å². The van der Waals surface area contributed by atoms with Crippen LogP contribution in [0, 0.1) is 5.82 Å². The molecule has 0 amide bonds. The van der Waals surface area contributed by atoms with Crippen molar-refractivity contribution in [2.24, 2.45) is 0 Å². The molecule has 0 aliphatic heterocycles. The fourth-order valence-corrected chi connectivity index (χ4v) is 2.57. The summed E-state index contributed by atoms with van der Waals surface area (Å²) >= 11 is 0. The zero-order valence-electron chi connectivity index (χ0n) is 11.8. The van der Waals surface area contributed by atoms with Crippen molar-refractivity contribution in [2.45, 2.75) is 51.5 Å². The smallest absolute Gasteiger partial charge is 0.224 e. The molecule has 0 bridgehead atoms. The molecule has 5 heteroatoms. The lowest BCUT2D eigenvalue weighted by molar-refractivity contribution is 0.422. The molecule has 1 aromatic rings. The Balaban J connectivity index is 2.12. The lowest BCUT2D eigenvalue weighted by Crippen LogP contribution is -2.34. The van der Waals surface area contributed by atoms with Crippen LogP contribution in [0.4, 0.5) is 16.2 Å². The van der Waals surface area contributed by atoms with Gasteiger partial charge in [0.15, 0.2) is 11.6 Å². The first-order valence-electron chi connectivity index (χ1n) is 7.21. The average molecular weight is 266 g/mol. The Bertz CT molecular complexity index is 404. The molecular weight excluding hydrogens is 243 g/mol. The topological polar surface area (TPSA) is 41.1 Å². The summed E-state index contributed by atoms with van der Waals surface area (Å²) in [6, 6.07) is 0.400. The maximum Gasteiger partial charge on any atom is 0.224 e. The highest BCUT2D eigenvalue weighted by Gasteiger charge is 2.22. The number of halogens is 1. The normalized spacial score (nSPS) is 16.4. The quantitative estimate of drug-likeness (QED) is 0.888. The highest BCUT2D eigenvalue weighted by Crippen LogP contribution is 2.26. The van der Waals surface area contributed by atoms with E-state index >= 15 is 0 Å². The van der Waals surface area contributed by atoms with E-state index in [9.17, 15) is 4.39 Å². The average Bonchev–Trinajstić information content (AvgIpc) is 2.46. The van der Waals surface area contributed by atoms with Crippen LogP contribution in [0.15, 0.2) is 6.20 Å².